The lowest BCUT2D eigenvalue weighted by molar-refractivity contribution is 0.292. The molecule has 1 aliphatic carbocycles. The van der Waals surface area contributed by atoms with Crippen LogP contribution in [0.1, 0.15) is 31.2 Å². The summed E-state index contributed by atoms with van der Waals surface area (Å²) in [6.45, 7) is 2.04. The van der Waals surface area contributed by atoms with E-state index in [-0.39, 0.29) is 0 Å². The fourth-order valence-electron chi connectivity index (χ4n) is 2.10. The van der Waals surface area contributed by atoms with Gasteiger partial charge in [-0.25, -0.2) is 0 Å². The minimum atomic E-state index is 0.824. The number of hydrogen-bond donors (Lipinski definition) is 2. The maximum absolute atomic E-state index is 5.78. The number of hydrogen-bond acceptors (Lipinski definition) is 2. The monoisotopic (exact) mass is 282 g/mol. The lowest BCUT2D eigenvalue weighted by atomic mass is 9.83. The van der Waals surface area contributed by atoms with Crippen molar-refractivity contribution < 1.29 is 0 Å². The van der Waals surface area contributed by atoms with Crippen LogP contribution in [0.3, 0.4) is 0 Å². The van der Waals surface area contributed by atoms with Gasteiger partial charge in [-0.2, -0.15) is 0 Å². The van der Waals surface area contributed by atoms with Gasteiger partial charge in [0, 0.05) is 16.7 Å². The highest BCUT2D eigenvalue weighted by molar-refractivity contribution is 9.10. The highest BCUT2D eigenvalue weighted by Crippen LogP contribution is 2.28. The number of halogens is 1. The van der Waals surface area contributed by atoms with E-state index >= 15 is 0 Å². The predicted molar refractivity (Wildman–Crippen MR) is 72.2 cm³/mol. The van der Waals surface area contributed by atoms with E-state index in [0.29, 0.717) is 0 Å². The van der Waals surface area contributed by atoms with E-state index < -0.39 is 0 Å². The van der Waals surface area contributed by atoms with Crippen LogP contribution in [0.15, 0.2) is 22.7 Å². The standard InChI is InChI=1S/C13H19BrN2/c14-12-6-11(7-13(15)8-12)9-16-5-4-10-2-1-3-10/h6-8,10,16H,1-5,9,15H2. The molecule has 0 heterocycles. The quantitative estimate of drug-likeness (QED) is 0.642. The third kappa shape index (κ3) is 3.49. The van der Waals surface area contributed by atoms with Crippen molar-refractivity contribution >= 4 is 21.6 Å². The maximum Gasteiger partial charge on any atom is 0.0328 e. The zero-order chi connectivity index (χ0) is 11.4. The summed E-state index contributed by atoms with van der Waals surface area (Å²) in [6, 6.07) is 6.08. The van der Waals surface area contributed by atoms with Crippen molar-refractivity contribution in [1.29, 1.82) is 0 Å². The molecular formula is C13H19BrN2. The smallest absolute Gasteiger partial charge is 0.0328 e. The second-order valence-corrected chi connectivity index (χ2v) is 5.57. The molecule has 0 radical (unpaired) electrons. The van der Waals surface area contributed by atoms with Gasteiger partial charge < -0.3 is 11.1 Å². The van der Waals surface area contributed by atoms with E-state index in [9.17, 15) is 0 Å². The molecule has 3 heteroatoms. The molecule has 1 fully saturated rings. The van der Waals surface area contributed by atoms with Gasteiger partial charge in [0.1, 0.15) is 0 Å². The van der Waals surface area contributed by atoms with E-state index in [1.165, 1.54) is 31.2 Å². The zero-order valence-electron chi connectivity index (χ0n) is 9.51. The molecule has 0 amide bonds. The molecule has 0 bridgehead atoms. The Balaban J connectivity index is 1.71. The molecule has 0 aliphatic heterocycles. The van der Waals surface area contributed by atoms with Gasteiger partial charge in [-0.05, 0) is 42.6 Å². The fraction of sp³-hybridized carbons (Fsp3) is 0.538. The van der Waals surface area contributed by atoms with Crippen LogP contribution in [-0.4, -0.2) is 6.54 Å². The second kappa shape index (κ2) is 5.69. The van der Waals surface area contributed by atoms with E-state index in [1.807, 2.05) is 12.1 Å². The van der Waals surface area contributed by atoms with Gasteiger partial charge in [-0.15, -0.1) is 0 Å². The van der Waals surface area contributed by atoms with Gasteiger partial charge in [0.05, 0.1) is 0 Å². The molecule has 2 nitrogen and oxygen atoms in total. The van der Waals surface area contributed by atoms with Crippen molar-refractivity contribution in [1.82, 2.24) is 5.32 Å². The van der Waals surface area contributed by atoms with E-state index in [0.717, 1.165) is 29.2 Å². The van der Waals surface area contributed by atoms with Gasteiger partial charge in [0.2, 0.25) is 0 Å². The van der Waals surface area contributed by atoms with Crippen molar-refractivity contribution in [2.45, 2.75) is 32.2 Å². The van der Waals surface area contributed by atoms with Crippen molar-refractivity contribution in [3.05, 3.63) is 28.2 Å². The largest absolute Gasteiger partial charge is 0.399 e. The molecule has 2 rings (SSSR count). The van der Waals surface area contributed by atoms with Gasteiger partial charge >= 0.3 is 0 Å². The van der Waals surface area contributed by atoms with Crippen LogP contribution in [0.4, 0.5) is 5.69 Å². The Morgan fingerprint density at radius 2 is 2.12 bits per heavy atom. The summed E-state index contributed by atoms with van der Waals surface area (Å²) < 4.78 is 1.06. The molecule has 0 atom stereocenters. The topological polar surface area (TPSA) is 38.0 Å². The Morgan fingerprint density at radius 1 is 1.31 bits per heavy atom. The summed E-state index contributed by atoms with van der Waals surface area (Å²) in [5.74, 6) is 0.986. The van der Waals surface area contributed by atoms with Crippen LogP contribution in [0.2, 0.25) is 0 Å². The minimum Gasteiger partial charge on any atom is -0.399 e. The third-order valence-corrected chi connectivity index (χ3v) is 3.72. The van der Waals surface area contributed by atoms with Crippen molar-refractivity contribution in [2.75, 3.05) is 12.3 Å². The van der Waals surface area contributed by atoms with Gasteiger partial charge in [0.25, 0.3) is 0 Å². The van der Waals surface area contributed by atoms with Crippen LogP contribution in [0.25, 0.3) is 0 Å². The Bertz CT molecular complexity index is 328. The average molecular weight is 283 g/mol. The normalized spacial score (nSPS) is 16.1. The summed E-state index contributed by atoms with van der Waals surface area (Å²) in [5, 5.41) is 3.48. The van der Waals surface area contributed by atoms with E-state index in [1.54, 1.807) is 0 Å². The van der Waals surface area contributed by atoms with Crippen LogP contribution in [0, 0.1) is 5.92 Å². The predicted octanol–water partition coefficient (Wildman–Crippen LogP) is 3.31. The number of anilines is 1. The molecule has 1 saturated carbocycles. The first-order valence-electron chi connectivity index (χ1n) is 6.00. The van der Waals surface area contributed by atoms with E-state index in [2.05, 4.69) is 27.3 Å². The highest BCUT2D eigenvalue weighted by Gasteiger charge is 2.16. The first kappa shape index (κ1) is 11.9. The molecule has 3 N–H and O–H groups in total. The summed E-state index contributed by atoms with van der Waals surface area (Å²) in [7, 11) is 0. The second-order valence-electron chi connectivity index (χ2n) is 4.66. The molecule has 0 saturated heterocycles. The molecule has 1 aromatic rings. The molecule has 16 heavy (non-hydrogen) atoms. The molecule has 0 spiro atoms. The van der Waals surface area contributed by atoms with Crippen molar-refractivity contribution in [3.8, 4) is 0 Å². The summed E-state index contributed by atoms with van der Waals surface area (Å²) in [6.07, 6.45) is 5.63. The van der Waals surface area contributed by atoms with Crippen LogP contribution in [0.5, 0.6) is 0 Å². The van der Waals surface area contributed by atoms with Crippen LogP contribution in [-0.2, 0) is 6.54 Å². The molecular weight excluding hydrogens is 264 g/mol. The van der Waals surface area contributed by atoms with Crippen LogP contribution >= 0.6 is 15.9 Å². The molecule has 0 unspecified atom stereocenters. The average Bonchev–Trinajstić information content (AvgIpc) is 2.13. The Hall–Kier alpha value is -0.540. The van der Waals surface area contributed by atoms with Crippen LogP contribution < -0.4 is 11.1 Å². The van der Waals surface area contributed by atoms with E-state index in [4.69, 9.17) is 5.73 Å². The Kier molecular flexibility index (Phi) is 4.24. The summed E-state index contributed by atoms with van der Waals surface area (Å²) in [5.41, 5.74) is 7.86. The molecule has 0 aromatic heterocycles. The first-order chi connectivity index (χ1) is 7.74. The Labute approximate surface area is 106 Å². The lowest BCUT2D eigenvalue weighted by Crippen LogP contribution is -2.21. The van der Waals surface area contributed by atoms with Gasteiger partial charge in [0.15, 0.2) is 0 Å². The van der Waals surface area contributed by atoms with Crippen molar-refractivity contribution in [3.63, 3.8) is 0 Å². The number of nitrogens with one attached hydrogen (secondary N) is 1. The summed E-state index contributed by atoms with van der Waals surface area (Å²) in [4.78, 5) is 0. The first-order valence-corrected chi connectivity index (χ1v) is 6.79. The number of benzene rings is 1. The fourth-order valence-corrected chi connectivity index (χ4v) is 2.66. The molecule has 88 valence electrons. The van der Waals surface area contributed by atoms with Gasteiger partial charge in [-0.3, -0.25) is 0 Å². The maximum atomic E-state index is 5.78. The lowest BCUT2D eigenvalue weighted by Gasteiger charge is -2.25. The number of nitrogen functional groups attached to an aromatic ring is 1. The molecule has 1 aliphatic rings. The third-order valence-electron chi connectivity index (χ3n) is 3.26. The van der Waals surface area contributed by atoms with Gasteiger partial charge in [-0.1, -0.05) is 35.2 Å². The SMILES string of the molecule is Nc1cc(Br)cc(CNCCC2CCC2)c1. The molecule has 1 aromatic carbocycles. The number of rotatable bonds is 5. The Morgan fingerprint density at radius 3 is 2.75 bits per heavy atom. The summed E-state index contributed by atoms with van der Waals surface area (Å²) >= 11 is 3.46. The zero-order valence-corrected chi connectivity index (χ0v) is 11.1. The number of nitrogens with two attached hydrogens (primary N) is 1. The highest BCUT2D eigenvalue weighted by atomic mass is 79.9. The minimum absolute atomic E-state index is 0.824. The van der Waals surface area contributed by atoms with Crippen molar-refractivity contribution in [2.24, 2.45) is 5.92 Å².